The average Bonchev–Trinajstić information content (AvgIpc) is 3.32. The SMILES string of the molecule is C[N+]1=C=[N+](c2[c-]c(Sc3[c-]c([N+]4=C=[N+](C)c5ccccc54)ccc3)ccc2)C=C1.[Pt+2]. The molecule has 0 saturated carbocycles. The smallest absolute Gasteiger partial charge is 0.165 e. The molecule has 2 aliphatic rings. The summed E-state index contributed by atoms with van der Waals surface area (Å²) in [4.78, 5) is 2.07. The second-order valence-electron chi connectivity index (χ2n) is 6.76. The molecule has 0 bridgehead atoms. The number of fused-ring (bicyclic) bond motifs is 1. The molecule has 2 aliphatic heterocycles. The van der Waals surface area contributed by atoms with Gasteiger partial charge in [-0.3, -0.25) is 0 Å². The maximum atomic E-state index is 3.52. The largest absolute Gasteiger partial charge is 2.00 e. The zero-order chi connectivity index (χ0) is 19.8. The number of rotatable bonds is 4. The minimum absolute atomic E-state index is 0. The van der Waals surface area contributed by atoms with E-state index >= 15 is 0 Å². The van der Waals surface area contributed by atoms with E-state index in [0.29, 0.717) is 0 Å². The number of para-hydroxylation sites is 2. The van der Waals surface area contributed by atoms with Crippen LogP contribution in [-0.2, 0) is 21.1 Å². The summed E-state index contributed by atoms with van der Waals surface area (Å²) < 4.78 is 7.88. The van der Waals surface area contributed by atoms with Gasteiger partial charge >= 0.3 is 33.1 Å². The quantitative estimate of drug-likeness (QED) is 0.318. The molecule has 0 radical (unpaired) electrons. The molecule has 0 aromatic heterocycles. The van der Waals surface area contributed by atoms with Crippen molar-refractivity contribution in [3.63, 3.8) is 0 Å². The van der Waals surface area contributed by atoms with Gasteiger partial charge in [-0.15, -0.1) is 11.8 Å². The summed E-state index contributed by atoms with van der Waals surface area (Å²) in [6, 6.07) is 34.2. The summed E-state index contributed by atoms with van der Waals surface area (Å²) in [5, 5.41) is 0. The molecule has 0 aliphatic carbocycles. The van der Waals surface area contributed by atoms with E-state index in [4.69, 9.17) is 0 Å². The summed E-state index contributed by atoms with van der Waals surface area (Å²) in [5.74, 6) is 0. The van der Waals surface area contributed by atoms with Gasteiger partial charge in [0.05, 0.1) is 0 Å². The monoisotopic (exact) mass is 589 g/mol. The third-order valence-electron chi connectivity index (χ3n) is 4.67. The van der Waals surface area contributed by atoms with Gasteiger partial charge in [-0.05, 0) is 0 Å². The molecule has 3 aromatic rings. The Morgan fingerprint density at radius 2 is 1.40 bits per heavy atom. The maximum absolute atomic E-state index is 3.52. The molecule has 0 N–H and O–H groups in total. The van der Waals surface area contributed by atoms with E-state index in [2.05, 4.69) is 60.5 Å². The van der Waals surface area contributed by atoms with Crippen LogP contribution in [0.15, 0.2) is 82.9 Å². The molecule has 2 heterocycles. The van der Waals surface area contributed by atoms with Gasteiger partial charge in [-0.1, -0.05) is 64.5 Å². The first-order chi connectivity index (χ1) is 14.2. The van der Waals surface area contributed by atoms with Crippen LogP contribution >= 0.6 is 11.8 Å². The topological polar surface area (TPSA) is 12.0 Å². The van der Waals surface area contributed by atoms with Crippen LogP contribution in [0.4, 0.5) is 22.7 Å². The standard InChI is InChI=1S/C24H18N4S.Pt/c1-25-13-14-27(17-25)19-7-5-9-21(15-19)29-22-10-6-8-20(16-22)28-18-26(2)23-11-3-4-12-24(23)28;/h3-14H,1-2H3;/q2*+2. The van der Waals surface area contributed by atoms with Crippen molar-refractivity contribution in [1.29, 1.82) is 0 Å². The molecule has 0 spiro atoms. The molecule has 4 nitrogen and oxygen atoms in total. The first kappa shape index (κ1) is 20.5. The molecular formula is C24H18N4PtS+4. The minimum atomic E-state index is 0. The Hall–Kier alpha value is -2.80. The molecule has 3 aromatic carbocycles. The van der Waals surface area contributed by atoms with Crippen LogP contribution in [0.2, 0.25) is 0 Å². The summed E-state index contributed by atoms with van der Waals surface area (Å²) >= 11 is 1.65. The maximum Gasteiger partial charge on any atom is 2.00 e. The van der Waals surface area contributed by atoms with Crippen LogP contribution in [0.25, 0.3) is 0 Å². The molecule has 30 heavy (non-hydrogen) atoms. The molecule has 0 fully saturated rings. The molecule has 6 heteroatoms. The zero-order valence-electron chi connectivity index (χ0n) is 16.4. The Morgan fingerprint density at radius 1 is 0.733 bits per heavy atom. The van der Waals surface area contributed by atoms with E-state index in [9.17, 15) is 0 Å². The van der Waals surface area contributed by atoms with E-state index in [1.165, 1.54) is 0 Å². The van der Waals surface area contributed by atoms with Gasteiger partial charge in [0.1, 0.15) is 11.4 Å². The fourth-order valence-corrected chi connectivity index (χ4v) is 4.14. The summed E-state index contributed by atoms with van der Waals surface area (Å²) in [6.07, 6.45) is 3.93. The Bertz CT molecular complexity index is 1330. The van der Waals surface area contributed by atoms with E-state index in [1.54, 1.807) is 11.8 Å². The summed E-state index contributed by atoms with van der Waals surface area (Å²) in [6.45, 7) is 0. The molecule has 0 atom stereocenters. The van der Waals surface area contributed by atoms with Crippen molar-refractivity contribution >= 4 is 46.5 Å². The first-order valence-electron chi connectivity index (χ1n) is 9.26. The van der Waals surface area contributed by atoms with Crippen molar-refractivity contribution in [1.82, 2.24) is 4.58 Å². The normalized spacial score (nSPS) is 13.8. The number of benzene rings is 3. The Kier molecular flexibility index (Phi) is 5.81. The third kappa shape index (κ3) is 3.94. The zero-order valence-corrected chi connectivity index (χ0v) is 19.5. The van der Waals surface area contributed by atoms with Crippen molar-refractivity contribution in [2.45, 2.75) is 9.79 Å². The van der Waals surface area contributed by atoms with Crippen molar-refractivity contribution in [3.05, 3.63) is 85.2 Å². The fraction of sp³-hybridized carbons (Fsp3) is 0.0833. The van der Waals surface area contributed by atoms with E-state index in [1.807, 2.05) is 69.1 Å². The van der Waals surface area contributed by atoms with E-state index in [-0.39, 0.29) is 21.1 Å². The van der Waals surface area contributed by atoms with Crippen LogP contribution < -0.4 is 4.58 Å². The molecule has 146 valence electrons. The molecule has 0 amide bonds. The minimum Gasteiger partial charge on any atom is -0.165 e. The fourth-order valence-electron chi connectivity index (χ4n) is 3.30. The Morgan fingerprint density at radius 3 is 2.10 bits per heavy atom. The van der Waals surface area contributed by atoms with E-state index < -0.39 is 0 Å². The second-order valence-corrected chi connectivity index (χ2v) is 7.85. The predicted octanol–water partition coefficient (Wildman–Crippen LogP) is 4.68. The van der Waals surface area contributed by atoms with Crippen LogP contribution in [0.3, 0.4) is 0 Å². The predicted molar refractivity (Wildman–Crippen MR) is 114 cm³/mol. The Balaban J connectivity index is 0.00000218. The van der Waals surface area contributed by atoms with Crippen molar-refractivity contribution in [2.24, 2.45) is 0 Å². The van der Waals surface area contributed by atoms with Crippen LogP contribution in [-0.4, -0.2) is 39.8 Å². The second kappa shape index (κ2) is 8.52. The molecule has 5 rings (SSSR count). The first-order valence-corrected chi connectivity index (χ1v) is 10.1. The average molecular weight is 590 g/mol. The van der Waals surface area contributed by atoms with E-state index in [0.717, 1.165) is 32.5 Å². The van der Waals surface area contributed by atoms with Gasteiger partial charge in [-0.2, -0.15) is 24.3 Å². The van der Waals surface area contributed by atoms with Crippen molar-refractivity contribution < 1.29 is 34.8 Å². The van der Waals surface area contributed by atoms with Crippen LogP contribution in [0.1, 0.15) is 0 Å². The van der Waals surface area contributed by atoms with Crippen LogP contribution in [0.5, 0.6) is 0 Å². The molecule has 0 saturated heterocycles. The molecule has 0 unspecified atom stereocenters. The van der Waals surface area contributed by atoms with Gasteiger partial charge in [-0.25, -0.2) is 0 Å². The van der Waals surface area contributed by atoms with Crippen molar-refractivity contribution in [3.8, 4) is 0 Å². The van der Waals surface area contributed by atoms with Crippen LogP contribution in [0, 0.1) is 12.1 Å². The number of nitrogens with zero attached hydrogens (tertiary/aromatic N) is 4. The van der Waals surface area contributed by atoms with Gasteiger partial charge in [0, 0.05) is 12.1 Å². The van der Waals surface area contributed by atoms with Gasteiger partial charge < -0.3 is 0 Å². The van der Waals surface area contributed by atoms with Gasteiger partial charge in [0.25, 0.3) is 17.6 Å². The molecular weight excluding hydrogens is 571 g/mol. The number of hydrogen-bond donors (Lipinski definition) is 0. The van der Waals surface area contributed by atoms with Crippen molar-refractivity contribution in [2.75, 3.05) is 14.1 Å². The number of hydrogen-bond acceptors (Lipinski definition) is 1. The third-order valence-corrected chi connectivity index (χ3v) is 5.58. The Labute approximate surface area is 194 Å². The summed E-state index contributed by atoms with van der Waals surface area (Å²) in [5.41, 5.74) is 4.17. The van der Waals surface area contributed by atoms with Gasteiger partial charge in [0.15, 0.2) is 14.1 Å². The summed E-state index contributed by atoms with van der Waals surface area (Å²) in [7, 11) is 3.97. The van der Waals surface area contributed by atoms with Gasteiger partial charge in [0.2, 0.25) is 6.20 Å².